The van der Waals surface area contributed by atoms with Crippen LogP contribution in [0.15, 0.2) is 18.5 Å². The van der Waals surface area contributed by atoms with Gasteiger partial charge in [-0.3, -0.25) is 14.6 Å². The fourth-order valence-corrected chi connectivity index (χ4v) is 2.92. The Kier molecular flexibility index (Phi) is 3.77. The Morgan fingerprint density at radius 2 is 2.38 bits per heavy atom. The van der Waals surface area contributed by atoms with Crippen molar-refractivity contribution in [1.82, 2.24) is 24.9 Å². The third-order valence-corrected chi connectivity index (χ3v) is 4.45. The molecule has 2 aromatic rings. The Balaban J connectivity index is 1.54. The van der Waals surface area contributed by atoms with Crippen LogP contribution in [-0.2, 0) is 18.3 Å². The molecule has 1 aliphatic rings. The first-order valence-electron chi connectivity index (χ1n) is 7.39. The van der Waals surface area contributed by atoms with Crippen molar-refractivity contribution in [2.45, 2.75) is 32.1 Å². The quantitative estimate of drug-likeness (QED) is 0.924. The van der Waals surface area contributed by atoms with E-state index in [0.717, 1.165) is 42.9 Å². The molecule has 0 bridgehead atoms. The highest BCUT2D eigenvalue weighted by molar-refractivity contribution is 5.76. The second-order valence-electron chi connectivity index (χ2n) is 5.72. The summed E-state index contributed by atoms with van der Waals surface area (Å²) in [5.41, 5.74) is 3.43. The number of carbonyl (C=O) groups excluding carboxylic acids is 1. The Bertz CT molecular complexity index is 616. The van der Waals surface area contributed by atoms with Gasteiger partial charge in [0.25, 0.3) is 0 Å². The predicted octanol–water partition coefficient (Wildman–Crippen LogP) is 1.40. The fourth-order valence-electron chi connectivity index (χ4n) is 2.92. The Morgan fingerprint density at radius 1 is 1.52 bits per heavy atom. The molecule has 21 heavy (non-hydrogen) atoms. The van der Waals surface area contributed by atoms with Crippen LogP contribution in [0, 0.1) is 6.92 Å². The van der Waals surface area contributed by atoms with Gasteiger partial charge >= 0.3 is 0 Å². The molecule has 0 unspecified atom stereocenters. The highest BCUT2D eigenvalue weighted by Gasteiger charge is 2.27. The van der Waals surface area contributed by atoms with Gasteiger partial charge in [0, 0.05) is 50.1 Å². The lowest BCUT2D eigenvalue weighted by Crippen LogP contribution is -2.28. The minimum absolute atomic E-state index is 0.236. The summed E-state index contributed by atoms with van der Waals surface area (Å²) >= 11 is 0. The van der Waals surface area contributed by atoms with Crippen molar-refractivity contribution in [2.75, 3.05) is 13.1 Å². The molecular formula is C15H21N5O. The molecule has 1 fully saturated rings. The largest absolute Gasteiger partial charge is 0.342 e. The summed E-state index contributed by atoms with van der Waals surface area (Å²) < 4.78 is 1.85. The molecule has 1 aliphatic heterocycles. The average molecular weight is 287 g/mol. The summed E-state index contributed by atoms with van der Waals surface area (Å²) in [6.07, 6.45) is 5.97. The fraction of sp³-hybridized carbons (Fsp3) is 0.533. The van der Waals surface area contributed by atoms with Gasteiger partial charge in [-0.05, 0) is 31.4 Å². The van der Waals surface area contributed by atoms with Crippen LogP contribution >= 0.6 is 0 Å². The van der Waals surface area contributed by atoms with Crippen molar-refractivity contribution >= 4 is 5.91 Å². The zero-order valence-corrected chi connectivity index (χ0v) is 12.5. The maximum absolute atomic E-state index is 12.3. The number of hydrogen-bond donors (Lipinski definition) is 1. The molecule has 112 valence electrons. The van der Waals surface area contributed by atoms with E-state index in [4.69, 9.17) is 0 Å². The van der Waals surface area contributed by atoms with Crippen LogP contribution in [0.4, 0.5) is 0 Å². The summed E-state index contributed by atoms with van der Waals surface area (Å²) in [5.74, 6) is 0.636. The second-order valence-corrected chi connectivity index (χ2v) is 5.72. The smallest absolute Gasteiger partial charge is 0.222 e. The van der Waals surface area contributed by atoms with E-state index in [1.807, 2.05) is 35.8 Å². The molecule has 0 aromatic carbocycles. The van der Waals surface area contributed by atoms with E-state index in [1.165, 1.54) is 0 Å². The topological polar surface area (TPSA) is 66.8 Å². The van der Waals surface area contributed by atoms with Gasteiger partial charge in [0.1, 0.15) is 0 Å². The lowest BCUT2D eigenvalue weighted by molar-refractivity contribution is -0.130. The second kappa shape index (κ2) is 5.71. The normalized spacial score (nSPS) is 18.4. The molecule has 1 N–H and O–H groups in total. The van der Waals surface area contributed by atoms with Gasteiger partial charge in [0.05, 0.1) is 6.20 Å². The molecule has 1 saturated heterocycles. The first-order valence-corrected chi connectivity index (χ1v) is 7.39. The van der Waals surface area contributed by atoms with Crippen LogP contribution in [0.2, 0.25) is 0 Å². The van der Waals surface area contributed by atoms with Gasteiger partial charge in [0.2, 0.25) is 5.91 Å². The van der Waals surface area contributed by atoms with E-state index >= 15 is 0 Å². The van der Waals surface area contributed by atoms with Crippen molar-refractivity contribution in [3.05, 3.63) is 35.4 Å². The van der Waals surface area contributed by atoms with E-state index in [9.17, 15) is 4.79 Å². The van der Waals surface area contributed by atoms with Crippen molar-refractivity contribution in [3.63, 3.8) is 0 Å². The number of aryl methyl sites for hydroxylation is 2. The number of aromatic nitrogens is 4. The van der Waals surface area contributed by atoms with Crippen molar-refractivity contribution < 1.29 is 4.79 Å². The van der Waals surface area contributed by atoms with Gasteiger partial charge in [-0.2, -0.15) is 10.2 Å². The molecule has 0 aliphatic carbocycles. The van der Waals surface area contributed by atoms with Crippen LogP contribution in [0.1, 0.15) is 35.7 Å². The molecule has 3 rings (SSSR count). The number of likely N-dealkylation sites (tertiary alicyclic amines) is 1. The predicted molar refractivity (Wildman–Crippen MR) is 78.8 cm³/mol. The van der Waals surface area contributed by atoms with Gasteiger partial charge in [-0.15, -0.1) is 0 Å². The highest BCUT2D eigenvalue weighted by atomic mass is 16.2. The van der Waals surface area contributed by atoms with Gasteiger partial charge in [0.15, 0.2) is 0 Å². The number of nitrogens with one attached hydrogen (secondary N) is 1. The zero-order valence-electron chi connectivity index (χ0n) is 12.5. The SMILES string of the molecule is Cc1c(CCC(=O)N2CC[C@H](c3ccn[nH]3)C2)cnn1C. The minimum Gasteiger partial charge on any atom is -0.342 e. The Morgan fingerprint density at radius 3 is 3.05 bits per heavy atom. The summed E-state index contributed by atoms with van der Waals surface area (Å²) in [5, 5.41) is 11.2. The maximum atomic E-state index is 12.3. The lowest BCUT2D eigenvalue weighted by Gasteiger charge is -2.16. The van der Waals surface area contributed by atoms with E-state index in [2.05, 4.69) is 15.3 Å². The number of amides is 1. The van der Waals surface area contributed by atoms with E-state index in [0.29, 0.717) is 12.3 Å². The number of carbonyl (C=O) groups is 1. The molecule has 0 saturated carbocycles. The van der Waals surface area contributed by atoms with Crippen molar-refractivity contribution in [3.8, 4) is 0 Å². The average Bonchev–Trinajstić information content (AvgIpc) is 3.19. The van der Waals surface area contributed by atoms with Crippen LogP contribution in [0.5, 0.6) is 0 Å². The van der Waals surface area contributed by atoms with Crippen LogP contribution in [0.25, 0.3) is 0 Å². The molecule has 1 atom stereocenters. The third-order valence-electron chi connectivity index (χ3n) is 4.45. The number of H-pyrrole nitrogens is 1. The third kappa shape index (κ3) is 2.84. The van der Waals surface area contributed by atoms with E-state index < -0.39 is 0 Å². The molecule has 6 heteroatoms. The number of rotatable bonds is 4. The molecule has 2 aromatic heterocycles. The Hall–Kier alpha value is -2.11. The molecule has 6 nitrogen and oxygen atoms in total. The molecule has 3 heterocycles. The maximum Gasteiger partial charge on any atom is 0.222 e. The summed E-state index contributed by atoms with van der Waals surface area (Å²) in [7, 11) is 1.93. The summed E-state index contributed by atoms with van der Waals surface area (Å²) in [6, 6.07) is 2.00. The molecule has 0 radical (unpaired) electrons. The lowest BCUT2D eigenvalue weighted by atomic mass is 10.1. The standard InChI is InChI=1S/C15H21N5O/c1-11-12(9-17-19(11)2)3-4-15(21)20-8-6-13(10-20)14-5-7-16-18-14/h5,7,9,13H,3-4,6,8,10H2,1-2H3,(H,16,18)/t13-/m0/s1. The zero-order chi connectivity index (χ0) is 14.8. The monoisotopic (exact) mass is 287 g/mol. The number of nitrogens with zero attached hydrogens (tertiary/aromatic N) is 4. The van der Waals surface area contributed by atoms with Crippen molar-refractivity contribution in [2.24, 2.45) is 7.05 Å². The van der Waals surface area contributed by atoms with E-state index in [-0.39, 0.29) is 5.91 Å². The van der Waals surface area contributed by atoms with E-state index in [1.54, 1.807) is 6.20 Å². The molecular weight excluding hydrogens is 266 g/mol. The van der Waals surface area contributed by atoms with Crippen LogP contribution in [0.3, 0.4) is 0 Å². The Labute approximate surface area is 124 Å². The molecule has 0 spiro atoms. The summed E-state index contributed by atoms with van der Waals surface area (Å²) in [4.78, 5) is 14.3. The number of hydrogen-bond acceptors (Lipinski definition) is 3. The minimum atomic E-state index is 0.236. The first kappa shape index (κ1) is 13.9. The van der Waals surface area contributed by atoms with Crippen molar-refractivity contribution in [1.29, 1.82) is 0 Å². The van der Waals surface area contributed by atoms with Gasteiger partial charge in [-0.1, -0.05) is 0 Å². The molecule has 1 amide bonds. The number of aromatic amines is 1. The summed E-state index contributed by atoms with van der Waals surface area (Å²) in [6.45, 7) is 3.68. The first-order chi connectivity index (χ1) is 10.1. The van der Waals surface area contributed by atoms with Crippen LogP contribution in [-0.4, -0.2) is 43.9 Å². The van der Waals surface area contributed by atoms with Gasteiger partial charge in [-0.25, -0.2) is 0 Å². The van der Waals surface area contributed by atoms with Crippen LogP contribution < -0.4 is 0 Å². The highest BCUT2D eigenvalue weighted by Crippen LogP contribution is 2.26. The van der Waals surface area contributed by atoms with Gasteiger partial charge < -0.3 is 4.90 Å².